The number of likely N-dealkylation sites (tertiary alicyclic amines) is 1. The van der Waals surface area contributed by atoms with Crippen LogP contribution in [0.1, 0.15) is 19.8 Å². The largest absolute Gasteiger partial charge is 0.355 e. The molecule has 25 heavy (non-hydrogen) atoms. The Morgan fingerprint density at radius 3 is 2.52 bits per heavy atom. The molecule has 1 amide bonds. The number of hydrogen-bond donors (Lipinski definition) is 0. The van der Waals surface area contributed by atoms with Crippen molar-refractivity contribution in [1.29, 1.82) is 0 Å². The summed E-state index contributed by atoms with van der Waals surface area (Å²) in [7, 11) is 0. The van der Waals surface area contributed by atoms with Gasteiger partial charge in [-0.05, 0) is 18.8 Å². The van der Waals surface area contributed by atoms with Crippen LogP contribution in [0.3, 0.4) is 0 Å². The van der Waals surface area contributed by atoms with Crippen LogP contribution in [0.4, 0.5) is 5.82 Å². The quantitative estimate of drug-likeness (QED) is 0.865. The average Bonchev–Trinajstić information content (AvgIpc) is 2.62. The predicted molar refractivity (Wildman–Crippen MR) is 98.1 cm³/mol. The SMILES string of the molecule is CC1CCN(C(=O)C2CN(c3cc(-c4ccccc4)ncn3)C2)CC1. The Kier molecular flexibility index (Phi) is 4.38. The average molecular weight is 336 g/mol. The molecule has 5 nitrogen and oxygen atoms in total. The summed E-state index contributed by atoms with van der Waals surface area (Å²) in [5.41, 5.74) is 2.01. The summed E-state index contributed by atoms with van der Waals surface area (Å²) in [4.78, 5) is 25.6. The molecule has 5 heteroatoms. The summed E-state index contributed by atoms with van der Waals surface area (Å²) in [5, 5.41) is 0. The molecule has 0 unspecified atom stereocenters. The zero-order valence-electron chi connectivity index (χ0n) is 14.6. The van der Waals surface area contributed by atoms with Crippen molar-refractivity contribution in [3.8, 4) is 11.3 Å². The Labute approximate surface area is 148 Å². The molecule has 0 bridgehead atoms. The van der Waals surface area contributed by atoms with Crippen LogP contribution >= 0.6 is 0 Å². The second-order valence-electron chi connectivity index (χ2n) is 7.24. The van der Waals surface area contributed by atoms with Gasteiger partial charge in [0.1, 0.15) is 12.1 Å². The molecule has 3 heterocycles. The Morgan fingerprint density at radius 1 is 1.08 bits per heavy atom. The van der Waals surface area contributed by atoms with Gasteiger partial charge in [0.2, 0.25) is 5.91 Å². The molecule has 1 aromatic carbocycles. The predicted octanol–water partition coefficient (Wildman–Crippen LogP) is 2.84. The van der Waals surface area contributed by atoms with Gasteiger partial charge in [0.05, 0.1) is 11.6 Å². The Balaban J connectivity index is 1.38. The molecule has 2 aliphatic heterocycles. The third-order valence-electron chi connectivity index (χ3n) is 5.37. The first-order valence-corrected chi connectivity index (χ1v) is 9.12. The Hall–Kier alpha value is -2.43. The number of rotatable bonds is 3. The molecule has 0 N–H and O–H groups in total. The van der Waals surface area contributed by atoms with E-state index >= 15 is 0 Å². The van der Waals surface area contributed by atoms with Gasteiger partial charge in [-0.1, -0.05) is 37.3 Å². The molecule has 0 radical (unpaired) electrons. The highest BCUT2D eigenvalue weighted by Crippen LogP contribution is 2.28. The van der Waals surface area contributed by atoms with Crippen molar-refractivity contribution in [2.45, 2.75) is 19.8 Å². The first-order chi connectivity index (χ1) is 12.2. The van der Waals surface area contributed by atoms with E-state index in [1.165, 1.54) is 0 Å². The first kappa shape index (κ1) is 16.1. The molecule has 130 valence electrons. The van der Waals surface area contributed by atoms with E-state index in [-0.39, 0.29) is 5.92 Å². The van der Waals surface area contributed by atoms with Crippen molar-refractivity contribution in [2.75, 3.05) is 31.1 Å². The van der Waals surface area contributed by atoms with E-state index in [9.17, 15) is 4.79 Å². The lowest BCUT2D eigenvalue weighted by Crippen LogP contribution is -2.56. The van der Waals surface area contributed by atoms with Crippen LogP contribution in [0.5, 0.6) is 0 Å². The van der Waals surface area contributed by atoms with E-state index in [4.69, 9.17) is 0 Å². The summed E-state index contributed by atoms with van der Waals surface area (Å²) < 4.78 is 0. The molecule has 2 fully saturated rings. The van der Waals surface area contributed by atoms with Crippen LogP contribution in [-0.4, -0.2) is 47.0 Å². The van der Waals surface area contributed by atoms with Gasteiger partial charge < -0.3 is 9.80 Å². The highest BCUT2D eigenvalue weighted by atomic mass is 16.2. The van der Waals surface area contributed by atoms with Crippen molar-refractivity contribution in [1.82, 2.24) is 14.9 Å². The standard InChI is InChI=1S/C20H24N4O/c1-15-7-9-23(10-8-15)20(25)17-12-24(13-17)19-11-18(21-14-22-19)16-5-3-2-4-6-16/h2-6,11,14-15,17H,7-10,12-13H2,1H3. The van der Waals surface area contributed by atoms with Gasteiger partial charge in [-0.3, -0.25) is 4.79 Å². The second kappa shape index (κ2) is 6.82. The molecule has 2 aromatic rings. The second-order valence-corrected chi connectivity index (χ2v) is 7.24. The minimum absolute atomic E-state index is 0.114. The number of hydrogen-bond acceptors (Lipinski definition) is 4. The zero-order chi connectivity index (χ0) is 17.2. The fourth-order valence-corrected chi connectivity index (χ4v) is 3.60. The van der Waals surface area contributed by atoms with Crippen molar-refractivity contribution in [3.05, 3.63) is 42.7 Å². The molecule has 0 saturated carbocycles. The van der Waals surface area contributed by atoms with Crippen LogP contribution in [-0.2, 0) is 4.79 Å². The fourth-order valence-electron chi connectivity index (χ4n) is 3.60. The fraction of sp³-hybridized carbons (Fsp3) is 0.450. The Morgan fingerprint density at radius 2 is 1.80 bits per heavy atom. The summed E-state index contributed by atoms with van der Waals surface area (Å²) >= 11 is 0. The lowest BCUT2D eigenvalue weighted by atomic mass is 9.94. The molecular weight excluding hydrogens is 312 g/mol. The highest BCUT2D eigenvalue weighted by molar-refractivity contribution is 5.82. The summed E-state index contributed by atoms with van der Waals surface area (Å²) in [6.45, 7) is 5.63. The number of benzene rings is 1. The maximum absolute atomic E-state index is 12.6. The first-order valence-electron chi connectivity index (χ1n) is 9.12. The van der Waals surface area contributed by atoms with Gasteiger partial charge in [-0.2, -0.15) is 0 Å². The minimum atomic E-state index is 0.114. The zero-order valence-corrected chi connectivity index (χ0v) is 14.6. The van der Waals surface area contributed by atoms with Gasteiger partial charge in [-0.25, -0.2) is 9.97 Å². The summed E-state index contributed by atoms with van der Waals surface area (Å²) in [5.74, 6) is 2.09. The lowest BCUT2D eigenvalue weighted by molar-refractivity contribution is -0.137. The van der Waals surface area contributed by atoms with E-state index in [2.05, 4.69) is 26.7 Å². The minimum Gasteiger partial charge on any atom is -0.355 e. The van der Waals surface area contributed by atoms with E-state index in [0.717, 1.165) is 62.0 Å². The molecule has 0 atom stereocenters. The summed E-state index contributed by atoms with van der Waals surface area (Å²) in [6, 6.07) is 12.1. The van der Waals surface area contributed by atoms with E-state index < -0.39 is 0 Å². The number of nitrogens with zero attached hydrogens (tertiary/aromatic N) is 4. The highest BCUT2D eigenvalue weighted by Gasteiger charge is 2.36. The maximum Gasteiger partial charge on any atom is 0.229 e. The summed E-state index contributed by atoms with van der Waals surface area (Å²) in [6.07, 6.45) is 3.88. The van der Waals surface area contributed by atoms with Gasteiger partial charge in [-0.15, -0.1) is 0 Å². The van der Waals surface area contributed by atoms with E-state index in [0.29, 0.717) is 5.91 Å². The lowest BCUT2D eigenvalue weighted by Gasteiger charge is -2.42. The third-order valence-corrected chi connectivity index (χ3v) is 5.37. The number of piperidine rings is 1. The van der Waals surface area contributed by atoms with Gasteiger partial charge in [0.15, 0.2) is 0 Å². The van der Waals surface area contributed by atoms with Crippen LogP contribution in [0.15, 0.2) is 42.7 Å². The molecule has 4 rings (SSSR count). The van der Waals surface area contributed by atoms with Gasteiger partial charge >= 0.3 is 0 Å². The molecule has 0 aliphatic carbocycles. The number of anilines is 1. The van der Waals surface area contributed by atoms with Crippen LogP contribution in [0, 0.1) is 11.8 Å². The van der Waals surface area contributed by atoms with Crippen molar-refractivity contribution >= 4 is 11.7 Å². The van der Waals surface area contributed by atoms with Crippen molar-refractivity contribution in [2.24, 2.45) is 11.8 Å². The Bertz CT molecular complexity index is 734. The van der Waals surface area contributed by atoms with Crippen LogP contribution in [0.25, 0.3) is 11.3 Å². The van der Waals surface area contributed by atoms with Crippen LogP contribution in [0.2, 0.25) is 0 Å². The van der Waals surface area contributed by atoms with E-state index in [1.807, 2.05) is 36.4 Å². The van der Waals surface area contributed by atoms with Gasteiger partial charge in [0, 0.05) is 37.8 Å². The molecular formula is C20H24N4O. The van der Waals surface area contributed by atoms with Crippen molar-refractivity contribution < 1.29 is 4.79 Å². The maximum atomic E-state index is 12.6. The normalized spacial score (nSPS) is 18.9. The monoisotopic (exact) mass is 336 g/mol. The molecule has 1 aromatic heterocycles. The topological polar surface area (TPSA) is 49.3 Å². The number of carbonyl (C=O) groups excluding carboxylic acids is 1. The molecule has 0 spiro atoms. The third kappa shape index (κ3) is 3.36. The number of aromatic nitrogens is 2. The van der Waals surface area contributed by atoms with E-state index in [1.54, 1.807) is 6.33 Å². The van der Waals surface area contributed by atoms with Crippen LogP contribution < -0.4 is 4.90 Å². The smallest absolute Gasteiger partial charge is 0.229 e. The molecule has 2 saturated heterocycles. The van der Waals surface area contributed by atoms with Crippen molar-refractivity contribution in [3.63, 3.8) is 0 Å². The number of carbonyl (C=O) groups is 1. The van der Waals surface area contributed by atoms with Gasteiger partial charge in [0.25, 0.3) is 0 Å². The molecule has 2 aliphatic rings. The number of amides is 1.